The van der Waals surface area contributed by atoms with Crippen molar-refractivity contribution >= 4 is 27.5 Å². The summed E-state index contributed by atoms with van der Waals surface area (Å²) in [4.78, 5) is 28.7. The predicted octanol–water partition coefficient (Wildman–Crippen LogP) is 4.37. The number of nitrogens with one attached hydrogen (secondary N) is 1. The molecule has 0 heterocycles. The Hall–Kier alpha value is -3.85. The summed E-state index contributed by atoms with van der Waals surface area (Å²) in [6.07, 6.45) is 3.98. The molecule has 0 aliphatic heterocycles. The number of amides is 2. The quantitative estimate of drug-likeness (QED) is 0.383. The average Bonchev–Trinajstić information content (AvgIpc) is 3.48. The van der Waals surface area contributed by atoms with Crippen LogP contribution in [0.3, 0.4) is 0 Å². The second kappa shape index (κ2) is 12.8. The van der Waals surface area contributed by atoms with Crippen molar-refractivity contribution in [3.05, 3.63) is 90.5 Å². The number of nitrogens with zero attached hydrogens (tertiary/aromatic N) is 2. The molecular formula is C30H35N3O5S. The maximum absolute atomic E-state index is 13.9. The fourth-order valence-electron chi connectivity index (χ4n) is 4.75. The molecule has 1 aliphatic rings. The Balaban J connectivity index is 1.66. The van der Waals surface area contributed by atoms with E-state index in [-0.39, 0.29) is 23.4 Å². The van der Waals surface area contributed by atoms with E-state index in [4.69, 9.17) is 4.74 Å². The Bertz CT molecular complexity index is 1340. The van der Waals surface area contributed by atoms with Crippen LogP contribution in [-0.4, -0.2) is 50.9 Å². The molecule has 9 heteroatoms. The van der Waals surface area contributed by atoms with Crippen molar-refractivity contribution in [2.45, 2.75) is 56.1 Å². The first-order valence-electron chi connectivity index (χ1n) is 13.1. The second-order valence-corrected chi connectivity index (χ2v) is 11.6. The summed E-state index contributed by atoms with van der Waals surface area (Å²) in [7, 11) is -2.57. The van der Waals surface area contributed by atoms with Crippen molar-refractivity contribution in [2.75, 3.05) is 18.0 Å². The zero-order valence-corrected chi connectivity index (χ0v) is 23.1. The fourth-order valence-corrected chi connectivity index (χ4v) is 6.19. The molecule has 2 amide bonds. The molecule has 3 aromatic rings. The largest absolute Gasteiger partial charge is 0.497 e. The molecule has 3 aromatic carbocycles. The Morgan fingerprint density at radius 2 is 1.51 bits per heavy atom. The van der Waals surface area contributed by atoms with Crippen LogP contribution in [0.25, 0.3) is 0 Å². The fraction of sp³-hybridized carbons (Fsp3) is 0.333. The summed E-state index contributed by atoms with van der Waals surface area (Å²) in [5.74, 6) is -0.165. The lowest BCUT2D eigenvalue weighted by molar-refractivity contribution is -0.139. The molecule has 1 fully saturated rings. The highest BCUT2D eigenvalue weighted by Crippen LogP contribution is 2.26. The number of methoxy groups -OCH3 is 1. The number of ether oxygens (including phenoxy) is 1. The zero-order valence-electron chi connectivity index (χ0n) is 22.3. The monoisotopic (exact) mass is 549 g/mol. The van der Waals surface area contributed by atoms with Crippen molar-refractivity contribution in [3.63, 3.8) is 0 Å². The highest BCUT2D eigenvalue weighted by atomic mass is 32.2. The van der Waals surface area contributed by atoms with Gasteiger partial charge in [0, 0.05) is 12.6 Å². The third-order valence-corrected chi connectivity index (χ3v) is 8.82. The topological polar surface area (TPSA) is 96.0 Å². The Morgan fingerprint density at radius 3 is 2.10 bits per heavy atom. The van der Waals surface area contributed by atoms with E-state index in [0.29, 0.717) is 11.4 Å². The van der Waals surface area contributed by atoms with Crippen molar-refractivity contribution in [2.24, 2.45) is 0 Å². The lowest BCUT2D eigenvalue weighted by Crippen LogP contribution is -2.52. The Labute approximate surface area is 230 Å². The third-order valence-electron chi connectivity index (χ3n) is 7.04. The molecule has 1 N–H and O–H groups in total. The number of hydrogen-bond donors (Lipinski definition) is 1. The maximum Gasteiger partial charge on any atom is 0.264 e. The number of hydrogen-bond acceptors (Lipinski definition) is 5. The molecule has 8 nitrogen and oxygen atoms in total. The molecule has 0 unspecified atom stereocenters. The minimum Gasteiger partial charge on any atom is -0.497 e. The third kappa shape index (κ3) is 6.97. The first-order valence-corrected chi connectivity index (χ1v) is 14.6. The van der Waals surface area contributed by atoms with Crippen molar-refractivity contribution < 1.29 is 22.7 Å². The molecule has 0 radical (unpaired) electrons. The van der Waals surface area contributed by atoms with Gasteiger partial charge in [-0.05, 0) is 61.7 Å². The lowest BCUT2D eigenvalue weighted by atomic mass is 10.1. The van der Waals surface area contributed by atoms with Gasteiger partial charge in [-0.25, -0.2) is 8.42 Å². The summed E-state index contributed by atoms with van der Waals surface area (Å²) >= 11 is 0. The standard InChI is InChI=1S/C30H35N3O5S/c1-23(30(35)31-25-13-9-10-14-25)32(21-24-11-5-3-6-12-24)29(34)22-33(26-17-19-27(38-2)20-18-26)39(36,37)28-15-7-4-8-16-28/h3-8,11-12,15-20,23,25H,9-10,13-14,21-22H2,1-2H3,(H,31,35)/t23-/m0/s1. The van der Waals surface area contributed by atoms with E-state index >= 15 is 0 Å². The van der Waals surface area contributed by atoms with E-state index in [9.17, 15) is 18.0 Å². The summed E-state index contributed by atoms with van der Waals surface area (Å²) in [6.45, 7) is 1.38. The van der Waals surface area contributed by atoms with Gasteiger partial charge in [-0.15, -0.1) is 0 Å². The van der Waals surface area contributed by atoms with Crippen LogP contribution < -0.4 is 14.4 Å². The molecule has 39 heavy (non-hydrogen) atoms. The van der Waals surface area contributed by atoms with Crippen LogP contribution in [0.5, 0.6) is 5.75 Å². The molecule has 1 atom stereocenters. The van der Waals surface area contributed by atoms with E-state index < -0.39 is 28.5 Å². The van der Waals surface area contributed by atoms with Gasteiger partial charge in [-0.2, -0.15) is 0 Å². The first kappa shape index (κ1) is 28.2. The molecule has 0 saturated heterocycles. The number of carbonyl (C=O) groups is 2. The maximum atomic E-state index is 13.9. The second-order valence-electron chi connectivity index (χ2n) is 9.70. The van der Waals surface area contributed by atoms with Crippen LogP contribution in [0.4, 0.5) is 5.69 Å². The average molecular weight is 550 g/mol. The number of benzene rings is 3. The summed E-state index contributed by atoms with van der Waals surface area (Å²) in [5, 5.41) is 3.07. The predicted molar refractivity (Wildman–Crippen MR) is 151 cm³/mol. The van der Waals surface area contributed by atoms with Crippen LogP contribution in [0.1, 0.15) is 38.2 Å². The normalized spacial score (nSPS) is 14.4. The summed E-state index contributed by atoms with van der Waals surface area (Å²) in [6, 6.07) is 23.2. The van der Waals surface area contributed by atoms with E-state index in [1.54, 1.807) is 49.4 Å². The van der Waals surface area contributed by atoms with Crippen molar-refractivity contribution in [1.82, 2.24) is 10.2 Å². The molecule has 0 bridgehead atoms. The first-order chi connectivity index (χ1) is 18.8. The van der Waals surface area contributed by atoms with Crippen LogP contribution >= 0.6 is 0 Å². The Morgan fingerprint density at radius 1 is 0.923 bits per heavy atom. The molecule has 0 spiro atoms. The van der Waals surface area contributed by atoms with Crippen LogP contribution in [0.15, 0.2) is 89.8 Å². The van der Waals surface area contributed by atoms with Gasteiger partial charge in [0.1, 0.15) is 18.3 Å². The van der Waals surface area contributed by atoms with Crippen LogP contribution in [0, 0.1) is 0 Å². The highest BCUT2D eigenvalue weighted by Gasteiger charge is 2.33. The highest BCUT2D eigenvalue weighted by molar-refractivity contribution is 7.92. The minimum atomic E-state index is -4.10. The van der Waals surface area contributed by atoms with Gasteiger partial charge >= 0.3 is 0 Å². The van der Waals surface area contributed by atoms with Crippen LogP contribution in [-0.2, 0) is 26.2 Å². The minimum absolute atomic E-state index is 0.0650. The molecule has 206 valence electrons. The number of carbonyl (C=O) groups excluding carboxylic acids is 2. The van der Waals surface area contributed by atoms with Gasteiger partial charge in [-0.1, -0.05) is 61.4 Å². The zero-order chi connectivity index (χ0) is 27.8. The molecule has 1 aliphatic carbocycles. The van der Waals surface area contributed by atoms with Gasteiger partial charge in [0.2, 0.25) is 11.8 Å². The van der Waals surface area contributed by atoms with E-state index in [1.165, 1.54) is 24.1 Å². The van der Waals surface area contributed by atoms with Gasteiger partial charge in [0.25, 0.3) is 10.0 Å². The van der Waals surface area contributed by atoms with E-state index in [1.807, 2.05) is 30.3 Å². The SMILES string of the molecule is COc1ccc(N(CC(=O)N(Cc2ccccc2)[C@@H](C)C(=O)NC2CCCC2)S(=O)(=O)c2ccccc2)cc1. The summed E-state index contributed by atoms with van der Waals surface area (Å²) in [5.41, 5.74) is 1.16. The number of sulfonamides is 1. The van der Waals surface area contributed by atoms with Crippen molar-refractivity contribution in [1.29, 1.82) is 0 Å². The van der Waals surface area contributed by atoms with E-state index in [0.717, 1.165) is 35.6 Å². The lowest BCUT2D eigenvalue weighted by Gasteiger charge is -2.32. The molecule has 4 rings (SSSR count). The van der Waals surface area contributed by atoms with Gasteiger partial charge in [0.15, 0.2) is 0 Å². The van der Waals surface area contributed by atoms with Gasteiger partial charge < -0.3 is 15.0 Å². The number of rotatable bonds is 11. The van der Waals surface area contributed by atoms with Crippen molar-refractivity contribution in [3.8, 4) is 5.75 Å². The smallest absolute Gasteiger partial charge is 0.264 e. The van der Waals surface area contributed by atoms with Gasteiger partial charge in [-0.3, -0.25) is 13.9 Å². The van der Waals surface area contributed by atoms with Gasteiger partial charge in [0.05, 0.1) is 17.7 Å². The summed E-state index contributed by atoms with van der Waals surface area (Å²) < 4.78 is 33.9. The molecule has 1 saturated carbocycles. The Kier molecular flexibility index (Phi) is 9.24. The molecular weight excluding hydrogens is 514 g/mol. The molecule has 0 aromatic heterocycles. The van der Waals surface area contributed by atoms with Crippen LogP contribution in [0.2, 0.25) is 0 Å². The number of anilines is 1. The van der Waals surface area contributed by atoms with E-state index in [2.05, 4.69) is 5.32 Å².